The fraction of sp³-hybridized carbons (Fsp3) is 0.182. The summed E-state index contributed by atoms with van der Waals surface area (Å²) in [4.78, 5) is 27.0. The minimum Gasteiger partial charge on any atom is -0.369 e. The third kappa shape index (κ3) is 2.10. The maximum absolute atomic E-state index is 11.8. The van der Waals surface area contributed by atoms with Gasteiger partial charge in [0.15, 0.2) is 0 Å². The molecule has 88 valence electrons. The standard InChI is InChI=1S/C11H12N4O2/c1-14-9(12)13-10(16)15(11(14)17)7-8-5-3-2-4-6-8/h2-6H,7H2,1H3,(H2,12,13,16). The Bertz CT molecular complexity index is 643. The van der Waals surface area contributed by atoms with Gasteiger partial charge in [-0.05, 0) is 5.56 Å². The molecule has 6 nitrogen and oxygen atoms in total. The van der Waals surface area contributed by atoms with Gasteiger partial charge in [-0.2, -0.15) is 4.98 Å². The average molecular weight is 232 g/mol. The highest BCUT2D eigenvalue weighted by Gasteiger charge is 2.07. The van der Waals surface area contributed by atoms with E-state index in [0.29, 0.717) is 0 Å². The monoisotopic (exact) mass is 232 g/mol. The van der Waals surface area contributed by atoms with Crippen molar-refractivity contribution in [3.63, 3.8) is 0 Å². The van der Waals surface area contributed by atoms with Crippen LogP contribution >= 0.6 is 0 Å². The molecule has 0 saturated heterocycles. The molecule has 0 saturated carbocycles. The van der Waals surface area contributed by atoms with Gasteiger partial charge in [0.25, 0.3) is 0 Å². The summed E-state index contributed by atoms with van der Waals surface area (Å²) < 4.78 is 2.19. The van der Waals surface area contributed by atoms with Gasteiger partial charge in [0.1, 0.15) is 0 Å². The van der Waals surface area contributed by atoms with Crippen LogP contribution in [0.3, 0.4) is 0 Å². The van der Waals surface area contributed by atoms with Crippen molar-refractivity contribution in [1.82, 2.24) is 14.1 Å². The molecule has 0 unspecified atom stereocenters. The molecule has 0 radical (unpaired) electrons. The molecule has 1 aromatic carbocycles. The van der Waals surface area contributed by atoms with Crippen molar-refractivity contribution < 1.29 is 0 Å². The number of nitrogen functional groups attached to an aromatic ring is 1. The van der Waals surface area contributed by atoms with Crippen molar-refractivity contribution in [3.8, 4) is 0 Å². The van der Waals surface area contributed by atoms with Crippen LogP contribution in [0.15, 0.2) is 39.9 Å². The normalized spacial score (nSPS) is 10.4. The van der Waals surface area contributed by atoms with Crippen LogP contribution in [-0.2, 0) is 13.6 Å². The van der Waals surface area contributed by atoms with E-state index in [1.807, 2.05) is 30.3 Å². The SMILES string of the molecule is Cn1c(N)nc(=O)n(Cc2ccccc2)c1=O. The van der Waals surface area contributed by atoms with E-state index < -0.39 is 11.4 Å². The van der Waals surface area contributed by atoms with Gasteiger partial charge in [-0.25, -0.2) is 14.2 Å². The first-order valence-corrected chi connectivity index (χ1v) is 5.07. The number of benzene rings is 1. The Kier molecular flexibility index (Phi) is 2.78. The van der Waals surface area contributed by atoms with Crippen molar-refractivity contribution in [2.75, 3.05) is 5.73 Å². The maximum Gasteiger partial charge on any atom is 0.355 e. The van der Waals surface area contributed by atoms with E-state index in [9.17, 15) is 9.59 Å². The Morgan fingerprint density at radius 2 is 1.88 bits per heavy atom. The van der Waals surface area contributed by atoms with E-state index in [4.69, 9.17) is 5.73 Å². The Morgan fingerprint density at radius 1 is 1.24 bits per heavy atom. The predicted molar refractivity (Wildman–Crippen MR) is 63.7 cm³/mol. The Morgan fingerprint density at radius 3 is 2.53 bits per heavy atom. The smallest absolute Gasteiger partial charge is 0.355 e. The van der Waals surface area contributed by atoms with E-state index in [1.165, 1.54) is 7.05 Å². The van der Waals surface area contributed by atoms with Crippen LogP contribution in [0.1, 0.15) is 5.56 Å². The molecule has 0 amide bonds. The minimum atomic E-state index is -0.630. The lowest BCUT2D eigenvalue weighted by atomic mass is 10.2. The predicted octanol–water partition coefficient (Wildman–Crippen LogP) is -0.428. The summed E-state index contributed by atoms with van der Waals surface area (Å²) in [5, 5.41) is 0. The van der Waals surface area contributed by atoms with E-state index in [1.54, 1.807) is 0 Å². The second-order valence-electron chi connectivity index (χ2n) is 3.67. The largest absolute Gasteiger partial charge is 0.369 e. The lowest BCUT2D eigenvalue weighted by molar-refractivity contribution is 0.614. The Labute approximate surface area is 97.0 Å². The molecule has 1 heterocycles. The lowest BCUT2D eigenvalue weighted by Crippen LogP contribution is -2.41. The van der Waals surface area contributed by atoms with Crippen molar-refractivity contribution in [2.24, 2.45) is 7.05 Å². The molecule has 2 rings (SSSR count). The molecule has 0 fully saturated rings. The van der Waals surface area contributed by atoms with Gasteiger partial charge in [0, 0.05) is 7.05 Å². The summed E-state index contributed by atoms with van der Waals surface area (Å²) in [5.41, 5.74) is 5.19. The van der Waals surface area contributed by atoms with E-state index >= 15 is 0 Å². The zero-order chi connectivity index (χ0) is 12.4. The number of rotatable bonds is 2. The molecule has 2 N–H and O–H groups in total. The number of nitrogens with zero attached hydrogens (tertiary/aromatic N) is 3. The zero-order valence-corrected chi connectivity index (χ0v) is 9.33. The van der Waals surface area contributed by atoms with Crippen LogP contribution < -0.4 is 17.1 Å². The molecule has 17 heavy (non-hydrogen) atoms. The Balaban J connectivity index is 2.51. The molecular weight excluding hydrogens is 220 g/mol. The first-order chi connectivity index (χ1) is 8.09. The first kappa shape index (κ1) is 11.1. The second-order valence-corrected chi connectivity index (χ2v) is 3.67. The third-order valence-corrected chi connectivity index (χ3v) is 2.49. The van der Waals surface area contributed by atoms with Gasteiger partial charge in [0.2, 0.25) is 5.95 Å². The molecule has 2 aromatic rings. The average Bonchev–Trinajstić information content (AvgIpc) is 2.33. The Hall–Kier alpha value is -2.37. The quantitative estimate of drug-likeness (QED) is 0.761. The molecule has 0 spiro atoms. The van der Waals surface area contributed by atoms with Gasteiger partial charge < -0.3 is 5.73 Å². The number of nitrogens with two attached hydrogens (primary N) is 1. The molecule has 6 heteroatoms. The van der Waals surface area contributed by atoms with Crippen LogP contribution in [-0.4, -0.2) is 14.1 Å². The molecule has 1 aromatic heterocycles. The van der Waals surface area contributed by atoms with Gasteiger partial charge in [-0.3, -0.25) is 4.57 Å². The number of anilines is 1. The van der Waals surface area contributed by atoms with Crippen molar-refractivity contribution in [1.29, 1.82) is 0 Å². The van der Waals surface area contributed by atoms with E-state index in [0.717, 1.165) is 14.7 Å². The van der Waals surface area contributed by atoms with Crippen LogP contribution in [0.5, 0.6) is 0 Å². The highest BCUT2D eigenvalue weighted by molar-refractivity contribution is 5.16. The zero-order valence-electron chi connectivity index (χ0n) is 9.33. The number of hydrogen-bond donors (Lipinski definition) is 1. The first-order valence-electron chi connectivity index (χ1n) is 5.07. The highest BCUT2D eigenvalue weighted by Crippen LogP contribution is 1.98. The van der Waals surface area contributed by atoms with Crippen LogP contribution in [0.25, 0.3) is 0 Å². The fourth-order valence-corrected chi connectivity index (χ4v) is 1.50. The fourth-order valence-electron chi connectivity index (χ4n) is 1.50. The summed E-state index contributed by atoms with van der Waals surface area (Å²) in [6.07, 6.45) is 0. The van der Waals surface area contributed by atoms with Crippen molar-refractivity contribution in [2.45, 2.75) is 6.54 Å². The molecule has 0 aliphatic heterocycles. The maximum atomic E-state index is 11.8. The highest BCUT2D eigenvalue weighted by atomic mass is 16.2. The second kappa shape index (κ2) is 4.25. The van der Waals surface area contributed by atoms with Crippen molar-refractivity contribution >= 4 is 5.95 Å². The van der Waals surface area contributed by atoms with Gasteiger partial charge in [-0.15, -0.1) is 0 Å². The minimum absolute atomic E-state index is 0.0793. The van der Waals surface area contributed by atoms with Crippen LogP contribution in [0.2, 0.25) is 0 Å². The molecule has 0 aliphatic rings. The van der Waals surface area contributed by atoms with Gasteiger partial charge in [0.05, 0.1) is 6.54 Å². The number of aromatic nitrogens is 3. The molecular formula is C11H12N4O2. The summed E-state index contributed by atoms with van der Waals surface area (Å²) in [5.74, 6) is -0.0793. The van der Waals surface area contributed by atoms with Gasteiger partial charge >= 0.3 is 11.4 Å². The molecule has 0 aliphatic carbocycles. The van der Waals surface area contributed by atoms with E-state index in [-0.39, 0.29) is 12.5 Å². The lowest BCUT2D eigenvalue weighted by Gasteiger charge is -2.07. The van der Waals surface area contributed by atoms with Crippen LogP contribution in [0.4, 0.5) is 5.95 Å². The molecule has 0 atom stereocenters. The van der Waals surface area contributed by atoms with E-state index in [2.05, 4.69) is 4.98 Å². The number of hydrogen-bond acceptors (Lipinski definition) is 4. The van der Waals surface area contributed by atoms with Gasteiger partial charge in [-0.1, -0.05) is 30.3 Å². The summed E-state index contributed by atoms with van der Waals surface area (Å²) in [6.45, 7) is 0.194. The molecule has 0 bridgehead atoms. The van der Waals surface area contributed by atoms with Crippen LogP contribution in [0, 0.1) is 0 Å². The summed E-state index contributed by atoms with van der Waals surface area (Å²) in [7, 11) is 1.48. The van der Waals surface area contributed by atoms with Crippen molar-refractivity contribution in [3.05, 3.63) is 56.9 Å². The topological polar surface area (TPSA) is 82.9 Å². The third-order valence-electron chi connectivity index (χ3n) is 2.49. The summed E-state index contributed by atoms with van der Waals surface area (Å²) >= 11 is 0. The summed E-state index contributed by atoms with van der Waals surface area (Å²) in [6, 6.07) is 9.22.